The summed E-state index contributed by atoms with van der Waals surface area (Å²) >= 11 is 0. The van der Waals surface area contributed by atoms with Crippen molar-refractivity contribution in [2.45, 2.75) is 83.0 Å². The number of hydrogen-bond donors (Lipinski definition) is 1. The first-order valence-corrected chi connectivity index (χ1v) is 14.5. The van der Waals surface area contributed by atoms with E-state index in [1.807, 2.05) is 30.7 Å². The first-order valence-electron chi connectivity index (χ1n) is 14.5. The summed E-state index contributed by atoms with van der Waals surface area (Å²) in [6.07, 6.45) is 10.9. The molecule has 2 fully saturated rings. The zero-order valence-electron chi connectivity index (χ0n) is 24.2. The number of fused-ring (bicyclic) bond motifs is 1. The molecule has 0 saturated heterocycles. The van der Waals surface area contributed by atoms with E-state index in [0.29, 0.717) is 17.0 Å². The summed E-state index contributed by atoms with van der Waals surface area (Å²) < 4.78 is 45.8. The van der Waals surface area contributed by atoms with Crippen molar-refractivity contribution in [3.05, 3.63) is 75.9 Å². The largest absolute Gasteiger partial charge is 0.419 e. The van der Waals surface area contributed by atoms with Crippen LogP contribution in [-0.2, 0) is 18.6 Å². The third kappa shape index (κ3) is 4.54. The fourth-order valence-electron chi connectivity index (χ4n) is 7.62. The molecule has 2 saturated carbocycles. The maximum Gasteiger partial charge on any atom is 0.419 e. The van der Waals surface area contributed by atoms with Gasteiger partial charge >= 0.3 is 6.18 Å². The molecule has 41 heavy (non-hydrogen) atoms. The van der Waals surface area contributed by atoms with Gasteiger partial charge in [0.05, 0.1) is 11.1 Å². The van der Waals surface area contributed by atoms with Crippen molar-refractivity contribution >= 4 is 11.2 Å². The van der Waals surface area contributed by atoms with Crippen molar-refractivity contribution in [3.63, 3.8) is 0 Å². The first kappa shape index (κ1) is 27.9. The molecule has 0 bridgehead atoms. The van der Waals surface area contributed by atoms with E-state index in [1.165, 1.54) is 12.4 Å². The van der Waals surface area contributed by atoms with Crippen molar-refractivity contribution < 1.29 is 13.2 Å². The number of allylic oxidation sites excluding steroid dienone is 4. The van der Waals surface area contributed by atoms with Crippen LogP contribution in [0.4, 0.5) is 13.2 Å². The normalized spacial score (nSPS) is 28.2. The summed E-state index contributed by atoms with van der Waals surface area (Å²) in [6.45, 7) is 8.24. The smallest absolute Gasteiger partial charge is 0.320 e. The number of rotatable bonds is 6. The second kappa shape index (κ2) is 9.64. The standard InChI is InChI=1S/C31H37F3N6O/c1-18-13-30(14-18,28-38-36-17-39(28)5)24-9-6-8-22(19(24)2)23-15-35-26-25(31(32,33)34)12-21(16-40(26)27(23)41)20(3)37-29(4)10-7-11-29/h6,8-9,12,15-20,24,37H,7,10-11,13-14H2,1-5H3. The number of hydrogen-bond acceptors (Lipinski definition) is 5. The zero-order chi connectivity index (χ0) is 29.3. The van der Waals surface area contributed by atoms with Crippen molar-refractivity contribution in [2.75, 3.05) is 0 Å². The van der Waals surface area contributed by atoms with Gasteiger partial charge in [-0.05, 0) is 80.9 Å². The van der Waals surface area contributed by atoms with E-state index >= 15 is 0 Å². The minimum Gasteiger partial charge on any atom is -0.320 e. The van der Waals surface area contributed by atoms with Crippen LogP contribution >= 0.6 is 0 Å². The number of alkyl halides is 3. The Labute approximate surface area is 237 Å². The highest BCUT2D eigenvalue weighted by atomic mass is 19.4. The van der Waals surface area contributed by atoms with E-state index in [9.17, 15) is 18.0 Å². The van der Waals surface area contributed by atoms with E-state index in [2.05, 4.69) is 47.3 Å². The average Bonchev–Trinajstić information content (AvgIpc) is 3.31. The van der Waals surface area contributed by atoms with Crippen molar-refractivity contribution in [1.82, 2.24) is 29.5 Å². The second-order valence-corrected chi connectivity index (χ2v) is 12.9. The lowest BCUT2D eigenvalue weighted by Crippen LogP contribution is -2.50. The van der Waals surface area contributed by atoms with Crippen LogP contribution in [0.15, 0.2) is 47.8 Å². The minimum atomic E-state index is -4.66. The monoisotopic (exact) mass is 566 g/mol. The Morgan fingerprint density at radius 1 is 1.20 bits per heavy atom. The molecule has 6 rings (SSSR count). The maximum atomic E-state index is 14.2. The Kier molecular flexibility index (Phi) is 6.56. The summed E-state index contributed by atoms with van der Waals surface area (Å²) in [5.41, 5.74) is -0.608. The molecule has 3 aliphatic rings. The highest BCUT2D eigenvalue weighted by Gasteiger charge is 2.53. The average molecular weight is 567 g/mol. The summed E-state index contributed by atoms with van der Waals surface area (Å²) in [7, 11) is 1.95. The lowest BCUT2D eigenvalue weighted by Gasteiger charge is -2.52. The van der Waals surface area contributed by atoms with Gasteiger partial charge in [-0.2, -0.15) is 13.2 Å². The van der Waals surface area contributed by atoms with Crippen molar-refractivity contribution in [2.24, 2.45) is 24.8 Å². The molecule has 3 aliphatic carbocycles. The lowest BCUT2D eigenvalue weighted by molar-refractivity contribution is -0.136. The van der Waals surface area contributed by atoms with Gasteiger partial charge < -0.3 is 9.88 Å². The second-order valence-electron chi connectivity index (χ2n) is 12.9. The summed E-state index contributed by atoms with van der Waals surface area (Å²) in [6, 6.07) is 0.763. The summed E-state index contributed by atoms with van der Waals surface area (Å²) in [4.78, 5) is 18.2. The fraction of sp³-hybridized carbons (Fsp3) is 0.548. The van der Waals surface area contributed by atoms with Gasteiger partial charge in [0, 0.05) is 36.4 Å². The lowest BCUT2D eigenvalue weighted by atomic mass is 9.52. The molecule has 3 heterocycles. The van der Waals surface area contributed by atoms with E-state index < -0.39 is 17.3 Å². The first-order chi connectivity index (χ1) is 19.3. The van der Waals surface area contributed by atoms with Crippen LogP contribution < -0.4 is 10.9 Å². The van der Waals surface area contributed by atoms with Gasteiger partial charge in [-0.1, -0.05) is 32.1 Å². The van der Waals surface area contributed by atoms with Crippen LogP contribution in [0.2, 0.25) is 0 Å². The number of nitrogens with zero attached hydrogens (tertiary/aromatic N) is 5. The topological polar surface area (TPSA) is 77.1 Å². The van der Waals surface area contributed by atoms with E-state index in [0.717, 1.165) is 54.0 Å². The van der Waals surface area contributed by atoms with Crippen LogP contribution in [0.25, 0.3) is 11.2 Å². The van der Waals surface area contributed by atoms with Crippen molar-refractivity contribution in [1.29, 1.82) is 0 Å². The molecule has 3 atom stereocenters. The molecule has 7 nitrogen and oxygen atoms in total. The van der Waals surface area contributed by atoms with Crippen molar-refractivity contribution in [3.8, 4) is 0 Å². The summed E-state index contributed by atoms with van der Waals surface area (Å²) in [5, 5.41) is 12.1. The Bertz CT molecular complexity index is 1610. The molecule has 218 valence electrons. The van der Waals surface area contributed by atoms with Gasteiger partial charge in [0.2, 0.25) is 0 Å². The Hall–Kier alpha value is -3.27. The molecule has 0 radical (unpaired) electrons. The molecule has 0 spiro atoms. The number of aryl methyl sites for hydroxylation is 1. The van der Waals surface area contributed by atoms with Gasteiger partial charge in [0.15, 0.2) is 5.65 Å². The molecule has 3 aromatic rings. The predicted molar refractivity (Wildman–Crippen MR) is 151 cm³/mol. The highest BCUT2D eigenvalue weighted by Crippen LogP contribution is 2.56. The molecule has 3 unspecified atom stereocenters. The SMILES string of the molecule is CC1CC(c2nncn2C)(C2C=CC=C(c3cnc4c(C(F)(F)F)cc(C(C)NC5(C)CCC5)cn4c3=O)C2C)C1. The molecule has 1 N–H and O–H groups in total. The van der Waals surface area contributed by atoms with E-state index in [1.54, 1.807) is 6.33 Å². The van der Waals surface area contributed by atoms with Gasteiger partial charge in [-0.25, -0.2) is 4.98 Å². The van der Waals surface area contributed by atoms with Crippen LogP contribution in [0.1, 0.15) is 88.4 Å². The number of nitrogens with one attached hydrogen (secondary N) is 1. The van der Waals surface area contributed by atoms with E-state index in [4.69, 9.17) is 0 Å². The fourth-order valence-corrected chi connectivity index (χ4v) is 7.62. The molecule has 0 aliphatic heterocycles. The quantitative estimate of drug-likeness (QED) is 0.396. The predicted octanol–water partition coefficient (Wildman–Crippen LogP) is 6.01. The number of pyridine rings is 1. The molecular weight excluding hydrogens is 529 g/mol. The highest BCUT2D eigenvalue weighted by molar-refractivity contribution is 5.71. The Morgan fingerprint density at radius 2 is 1.93 bits per heavy atom. The third-order valence-corrected chi connectivity index (χ3v) is 9.81. The number of aromatic nitrogens is 5. The molecule has 10 heteroatoms. The molecule has 0 amide bonds. The third-order valence-electron chi connectivity index (χ3n) is 9.81. The van der Waals surface area contributed by atoms with Crippen LogP contribution in [0, 0.1) is 17.8 Å². The maximum absolute atomic E-state index is 14.2. The van der Waals surface area contributed by atoms with Crippen LogP contribution in [0.3, 0.4) is 0 Å². The Balaban J connectivity index is 1.42. The minimum absolute atomic E-state index is 0.0474. The van der Waals surface area contributed by atoms with Gasteiger partial charge in [0.25, 0.3) is 5.56 Å². The van der Waals surface area contributed by atoms with E-state index in [-0.39, 0.29) is 34.5 Å². The Morgan fingerprint density at radius 3 is 2.51 bits per heavy atom. The van der Waals surface area contributed by atoms with Crippen LogP contribution in [-0.4, -0.2) is 29.7 Å². The van der Waals surface area contributed by atoms with Crippen LogP contribution in [0.5, 0.6) is 0 Å². The van der Waals surface area contributed by atoms with Gasteiger partial charge in [0.1, 0.15) is 12.2 Å². The zero-order valence-corrected chi connectivity index (χ0v) is 24.2. The number of halogens is 3. The molecular formula is C31H37F3N6O. The summed E-state index contributed by atoms with van der Waals surface area (Å²) in [5.74, 6) is 1.42. The molecule has 3 aromatic heterocycles. The molecule has 0 aromatic carbocycles. The van der Waals surface area contributed by atoms with Gasteiger partial charge in [-0.3, -0.25) is 9.20 Å². The van der Waals surface area contributed by atoms with Gasteiger partial charge in [-0.15, -0.1) is 10.2 Å².